The van der Waals surface area contributed by atoms with Crippen LogP contribution in [0.5, 0.6) is 0 Å². The lowest BCUT2D eigenvalue weighted by atomic mass is 10.0. The Balaban J connectivity index is 2.04. The van der Waals surface area contributed by atoms with Crippen molar-refractivity contribution in [3.8, 4) is 0 Å². The molecule has 1 saturated carbocycles. The van der Waals surface area contributed by atoms with Crippen molar-refractivity contribution in [3.05, 3.63) is 15.6 Å². The predicted octanol–water partition coefficient (Wildman–Crippen LogP) is 2.54. The molecular formula is C10H11NOS. The summed E-state index contributed by atoms with van der Waals surface area (Å²) in [6.07, 6.45) is 5.37. The average Bonchev–Trinajstić information content (AvgIpc) is 2.87. The Labute approximate surface area is 81.0 Å². The van der Waals surface area contributed by atoms with Crippen LogP contribution in [0.25, 0.3) is 0 Å². The van der Waals surface area contributed by atoms with Crippen LogP contribution in [0.15, 0.2) is 0 Å². The molecule has 0 saturated heterocycles. The fourth-order valence-electron chi connectivity index (χ4n) is 1.79. The molecule has 3 rings (SSSR count). The van der Waals surface area contributed by atoms with Gasteiger partial charge in [-0.3, -0.25) is 4.79 Å². The Kier molecular flexibility index (Phi) is 1.56. The van der Waals surface area contributed by atoms with Gasteiger partial charge in [0.2, 0.25) is 0 Å². The van der Waals surface area contributed by atoms with Crippen LogP contribution >= 0.6 is 11.3 Å². The van der Waals surface area contributed by atoms with Crippen molar-refractivity contribution < 1.29 is 4.79 Å². The third-order valence-electron chi connectivity index (χ3n) is 2.71. The van der Waals surface area contributed by atoms with Gasteiger partial charge in [-0.25, -0.2) is 4.98 Å². The van der Waals surface area contributed by atoms with Gasteiger partial charge in [0.15, 0.2) is 5.78 Å². The quantitative estimate of drug-likeness (QED) is 0.686. The Morgan fingerprint density at radius 2 is 2.15 bits per heavy atom. The summed E-state index contributed by atoms with van der Waals surface area (Å²) in [6, 6.07) is 0. The Morgan fingerprint density at radius 3 is 2.85 bits per heavy atom. The molecular weight excluding hydrogens is 182 g/mol. The summed E-state index contributed by atoms with van der Waals surface area (Å²) >= 11 is 1.78. The minimum Gasteiger partial charge on any atom is -0.292 e. The van der Waals surface area contributed by atoms with Crippen molar-refractivity contribution in [2.75, 3.05) is 0 Å². The van der Waals surface area contributed by atoms with Crippen LogP contribution < -0.4 is 0 Å². The van der Waals surface area contributed by atoms with Crippen LogP contribution in [0.1, 0.15) is 52.0 Å². The summed E-state index contributed by atoms with van der Waals surface area (Å²) in [7, 11) is 0. The number of aromatic nitrogens is 1. The first-order chi connectivity index (χ1) is 6.34. The Morgan fingerprint density at radius 1 is 1.31 bits per heavy atom. The first kappa shape index (κ1) is 7.68. The third kappa shape index (κ3) is 1.22. The van der Waals surface area contributed by atoms with E-state index in [1.54, 1.807) is 11.3 Å². The fourth-order valence-corrected chi connectivity index (χ4v) is 3.08. The molecule has 1 aromatic rings. The molecule has 1 heterocycles. The van der Waals surface area contributed by atoms with Crippen LogP contribution in [-0.2, 0) is 6.42 Å². The van der Waals surface area contributed by atoms with Gasteiger partial charge in [0.1, 0.15) is 5.69 Å². The molecule has 1 aromatic heterocycles. The lowest BCUT2D eigenvalue weighted by Crippen LogP contribution is -2.08. The van der Waals surface area contributed by atoms with E-state index in [-0.39, 0.29) is 5.78 Å². The molecule has 3 heteroatoms. The van der Waals surface area contributed by atoms with E-state index < -0.39 is 0 Å². The largest absolute Gasteiger partial charge is 0.292 e. The van der Waals surface area contributed by atoms with E-state index in [0.29, 0.717) is 12.3 Å². The van der Waals surface area contributed by atoms with Gasteiger partial charge in [-0.1, -0.05) is 0 Å². The number of thiazole rings is 1. The zero-order chi connectivity index (χ0) is 8.84. The number of carbonyl (C=O) groups is 1. The lowest BCUT2D eigenvalue weighted by Gasteiger charge is -2.06. The molecule has 0 aromatic carbocycles. The van der Waals surface area contributed by atoms with E-state index in [2.05, 4.69) is 4.98 Å². The maximum atomic E-state index is 11.5. The van der Waals surface area contributed by atoms with Crippen LogP contribution in [0.2, 0.25) is 0 Å². The number of nitrogens with zero attached hydrogens (tertiary/aromatic N) is 1. The van der Waals surface area contributed by atoms with Gasteiger partial charge >= 0.3 is 0 Å². The monoisotopic (exact) mass is 193 g/mol. The standard InChI is InChI=1S/C10H11NOS/c12-7-2-1-3-8-9(7)11-10(13-8)6-4-5-6/h6H,1-5H2. The number of Topliss-reactive ketones (excluding diaryl/α,β-unsaturated/α-hetero) is 1. The van der Waals surface area contributed by atoms with Gasteiger partial charge in [0.25, 0.3) is 0 Å². The molecule has 0 aliphatic heterocycles. The van der Waals surface area contributed by atoms with Crippen molar-refractivity contribution >= 4 is 17.1 Å². The first-order valence-corrected chi connectivity index (χ1v) is 5.69. The fraction of sp³-hybridized carbons (Fsp3) is 0.600. The highest BCUT2D eigenvalue weighted by molar-refractivity contribution is 7.12. The van der Waals surface area contributed by atoms with Gasteiger partial charge in [-0.15, -0.1) is 11.3 Å². The first-order valence-electron chi connectivity index (χ1n) is 4.87. The predicted molar refractivity (Wildman–Crippen MR) is 51.4 cm³/mol. The molecule has 2 aliphatic rings. The highest BCUT2D eigenvalue weighted by Gasteiger charge is 2.30. The second kappa shape index (κ2) is 2.64. The summed E-state index contributed by atoms with van der Waals surface area (Å²) in [6.45, 7) is 0. The summed E-state index contributed by atoms with van der Waals surface area (Å²) in [5.41, 5.74) is 0.804. The van der Waals surface area contributed by atoms with E-state index in [9.17, 15) is 4.79 Å². The average molecular weight is 193 g/mol. The van der Waals surface area contributed by atoms with E-state index >= 15 is 0 Å². The SMILES string of the molecule is O=C1CCCc2sc(C3CC3)nc21. The van der Waals surface area contributed by atoms with Crippen LogP contribution in [-0.4, -0.2) is 10.8 Å². The highest BCUT2D eigenvalue weighted by Crippen LogP contribution is 2.43. The molecule has 0 bridgehead atoms. The third-order valence-corrected chi connectivity index (χ3v) is 3.99. The number of hydrogen-bond donors (Lipinski definition) is 0. The van der Waals surface area contributed by atoms with Crippen LogP contribution in [0.4, 0.5) is 0 Å². The van der Waals surface area contributed by atoms with Crippen molar-refractivity contribution in [2.24, 2.45) is 0 Å². The Hall–Kier alpha value is -0.700. The molecule has 0 amide bonds. The maximum absolute atomic E-state index is 11.5. The van der Waals surface area contributed by atoms with Crippen molar-refractivity contribution in [1.29, 1.82) is 0 Å². The smallest absolute Gasteiger partial charge is 0.182 e. The number of ketones is 1. The minimum atomic E-state index is 0.268. The topological polar surface area (TPSA) is 30.0 Å². The molecule has 2 nitrogen and oxygen atoms in total. The summed E-state index contributed by atoms with van der Waals surface area (Å²) in [5.74, 6) is 0.966. The molecule has 0 atom stereocenters. The number of carbonyl (C=O) groups excluding carboxylic acids is 1. The summed E-state index contributed by atoms with van der Waals surface area (Å²) in [5, 5.41) is 1.22. The lowest BCUT2D eigenvalue weighted by molar-refractivity contribution is 0.0968. The number of hydrogen-bond acceptors (Lipinski definition) is 3. The molecule has 0 unspecified atom stereocenters. The molecule has 1 fully saturated rings. The highest BCUT2D eigenvalue weighted by atomic mass is 32.1. The molecule has 0 radical (unpaired) electrons. The molecule has 0 spiro atoms. The molecule has 2 aliphatic carbocycles. The van der Waals surface area contributed by atoms with Gasteiger partial charge in [0, 0.05) is 17.2 Å². The van der Waals surface area contributed by atoms with Gasteiger partial charge in [-0.05, 0) is 25.7 Å². The zero-order valence-corrected chi connectivity index (χ0v) is 8.19. The van der Waals surface area contributed by atoms with Crippen LogP contribution in [0, 0.1) is 0 Å². The minimum absolute atomic E-state index is 0.268. The van der Waals surface area contributed by atoms with Crippen molar-refractivity contribution in [2.45, 2.75) is 38.0 Å². The number of fused-ring (bicyclic) bond motifs is 1. The second-order valence-corrected chi connectivity index (χ2v) is 4.99. The Bertz CT molecular complexity index is 365. The van der Waals surface area contributed by atoms with Crippen molar-refractivity contribution in [3.63, 3.8) is 0 Å². The molecule has 13 heavy (non-hydrogen) atoms. The second-order valence-electron chi connectivity index (χ2n) is 3.87. The number of aryl methyl sites for hydroxylation is 1. The molecule has 0 N–H and O–H groups in total. The number of rotatable bonds is 1. The van der Waals surface area contributed by atoms with Gasteiger partial charge < -0.3 is 0 Å². The van der Waals surface area contributed by atoms with Crippen LogP contribution in [0.3, 0.4) is 0 Å². The zero-order valence-electron chi connectivity index (χ0n) is 7.38. The summed E-state index contributed by atoms with van der Waals surface area (Å²) < 4.78 is 0. The maximum Gasteiger partial charge on any atom is 0.182 e. The van der Waals surface area contributed by atoms with Gasteiger partial charge in [0.05, 0.1) is 5.01 Å². The van der Waals surface area contributed by atoms with Crippen molar-refractivity contribution in [1.82, 2.24) is 4.98 Å². The van der Waals surface area contributed by atoms with E-state index in [0.717, 1.165) is 18.5 Å². The molecule has 68 valence electrons. The summed E-state index contributed by atoms with van der Waals surface area (Å²) in [4.78, 5) is 17.2. The normalized spacial score (nSPS) is 21.7. The van der Waals surface area contributed by atoms with E-state index in [1.165, 1.54) is 22.7 Å². The van der Waals surface area contributed by atoms with E-state index in [1.807, 2.05) is 0 Å². The van der Waals surface area contributed by atoms with E-state index in [4.69, 9.17) is 0 Å². The van der Waals surface area contributed by atoms with Gasteiger partial charge in [-0.2, -0.15) is 0 Å².